The molecule has 2 heterocycles. The highest BCUT2D eigenvalue weighted by Crippen LogP contribution is 2.10. The largest absolute Gasteiger partial charge is 0.286 e. The van der Waals surface area contributed by atoms with Crippen LogP contribution in [0.1, 0.15) is 5.56 Å². The van der Waals surface area contributed by atoms with Gasteiger partial charge in [0, 0.05) is 11.6 Å². The van der Waals surface area contributed by atoms with E-state index in [1.54, 1.807) is 4.40 Å². The summed E-state index contributed by atoms with van der Waals surface area (Å²) < 4.78 is 1.79. The average Bonchev–Trinajstić information content (AvgIpc) is 2.31. The molecule has 0 aliphatic rings. The quantitative estimate of drug-likeness (QED) is 0.567. The molecule has 3 heteroatoms. The molecule has 16 heavy (non-hydrogen) atoms. The lowest BCUT2D eigenvalue weighted by molar-refractivity contribution is 1.00. The van der Waals surface area contributed by atoms with Crippen LogP contribution < -0.4 is 5.49 Å². The van der Waals surface area contributed by atoms with E-state index < -0.39 is 0 Å². The number of rotatable bonds is 0. The van der Waals surface area contributed by atoms with Crippen LogP contribution in [0.4, 0.5) is 0 Å². The number of aryl methyl sites for hydroxylation is 1. The lowest BCUT2D eigenvalue weighted by Crippen LogP contribution is -2.15. The molecular weight excluding hydrogens is 198 g/mol. The number of hydrogen-bond donors (Lipinski definition) is 1. The monoisotopic (exact) mass is 209 g/mol. The van der Waals surface area contributed by atoms with Crippen LogP contribution in [-0.2, 0) is 0 Å². The van der Waals surface area contributed by atoms with Gasteiger partial charge >= 0.3 is 0 Å². The first-order chi connectivity index (χ1) is 7.75. The third-order valence-corrected chi connectivity index (χ3v) is 2.72. The highest BCUT2D eigenvalue weighted by molar-refractivity contribution is 5.79. The van der Waals surface area contributed by atoms with E-state index in [0.29, 0.717) is 5.49 Å². The lowest BCUT2D eigenvalue weighted by Gasteiger charge is -2.04. The van der Waals surface area contributed by atoms with Crippen molar-refractivity contribution in [1.82, 2.24) is 9.38 Å². The second-order valence-corrected chi connectivity index (χ2v) is 3.91. The molecule has 0 aliphatic carbocycles. The maximum absolute atomic E-state index is 8.15. The minimum atomic E-state index is 0.490. The second-order valence-electron chi connectivity index (χ2n) is 3.91. The van der Waals surface area contributed by atoms with Gasteiger partial charge in [-0.25, -0.2) is 4.98 Å². The first-order valence-electron chi connectivity index (χ1n) is 5.18. The summed E-state index contributed by atoms with van der Waals surface area (Å²) in [5, 5.41) is 9.04. The molecular formula is C13H11N3. The fourth-order valence-corrected chi connectivity index (χ4v) is 1.90. The zero-order valence-electron chi connectivity index (χ0n) is 8.94. The van der Waals surface area contributed by atoms with Crippen LogP contribution in [0.5, 0.6) is 0 Å². The van der Waals surface area contributed by atoms with Gasteiger partial charge in [-0.05, 0) is 31.2 Å². The van der Waals surface area contributed by atoms with Crippen molar-refractivity contribution in [2.45, 2.75) is 6.92 Å². The minimum absolute atomic E-state index is 0.490. The van der Waals surface area contributed by atoms with Gasteiger partial charge in [0.2, 0.25) is 0 Å². The summed E-state index contributed by atoms with van der Waals surface area (Å²) in [6.07, 6.45) is 1.87. The van der Waals surface area contributed by atoms with Gasteiger partial charge in [-0.1, -0.05) is 17.7 Å². The van der Waals surface area contributed by atoms with Crippen molar-refractivity contribution < 1.29 is 0 Å². The number of pyridine rings is 1. The molecule has 3 rings (SSSR count). The van der Waals surface area contributed by atoms with Gasteiger partial charge < -0.3 is 0 Å². The molecule has 0 amide bonds. The molecule has 0 fully saturated rings. The molecule has 0 atom stereocenters. The van der Waals surface area contributed by atoms with Crippen molar-refractivity contribution in [2.24, 2.45) is 0 Å². The van der Waals surface area contributed by atoms with E-state index in [-0.39, 0.29) is 0 Å². The zero-order valence-corrected chi connectivity index (χ0v) is 8.94. The Morgan fingerprint density at radius 3 is 2.94 bits per heavy atom. The molecule has 0 aliphatic heterocycles. The summed E-state index contributed by atoms with van der Waals surface area (Å²) in [5.74, 6) is 0. The SMILES string of the molecule is Cc1ccc2nc3ccccn3c(=N)c2c1. The second kappa shape index (κ2) is 3.17. The van der Waals surface area contributed by atoms with Crippen LogP contribution >= 0.6 is 0 Å². The van der Waals surface area contributed by atoms with Crippen molar-refractivity contribution in [3.05, 3.63) is 53.6 Å². The van der Waals surface area contributed by atoms with E-state index in [4.69, 9.17) is 5.41 Å². The van der Waals surface area contributed by atoms with E-state index in [0.717, 1.165) is 22.1 Å². The molecule has 78 valence electrons. The summed E-state index contributed by atoms with van der Waals surface area (Å²) in [4.78, 5) is 4.52. The molecule has 0 spiro atoms. The van der Waals surface area contributed by atoms with Crippen LogP contribution in [0.25, 0.3) is 16.6 Å². The first-order valence-corrected chi connectivity index (χ1v) is 5.18. The average molecular weight is 209 g/mol. The molecule has 0 unspecified atom stereocenters. The lowest BCUT2D eigenvalue weighted by atomic mass is 10.1. The van der Waals surface area contributed by atoms with Crippen LogP contribution in [0.2, 0.25) is 0 Å². The summed E-state index contributed by atoms with van der Waals surface area (Å²) in [6.45, 7) is 2.03. The predicted octanol–water partition coefficient (Wildman–Crippen LogP) is 2.28. The molecule has 2 aromatic heterocycles. The summed E-state index contributed by atoms with van der Waals surface area (Å²) >= 11 is 0. The number of benzene rings is 1. The Labute approximate surface area is 92.5 Å². The molecule has 0 bridgehead atoms. The highest BCUT2D eigenvalue weighted by Gasteiger charge is 2.01. The van der Waals surface area contributed by atoms with Crippen molar-refractivity contribution in [1.29, 1.82) is 5.41 Å². The smallest absolute Gasteiger partial charge is 0.140 e. The highest BCUT2D eigenvalue weighted by atomic mass is 15.0. The zero-order chi connectivity index (χ0) is 11.1. The molecule has 3 nitrogen and oxygen atoms in total. The summed E-state index contributed by atoms with van der Waals surface area (Å²) in [7, 11) is 0. The number of fused-ring (bicyclic) bond motifs is 2. The predicted molar refractivity (Wildman–Crippen MR) is 63.3 cm³/mol. The van der Waals surface area contributed by atoms with Gasteiger partial charge in [0.05, 0.1) is 5.52 Å². The van der Waals surface area contributed by atoms with Gasteiger partial charge in [0.25, 0.3) is 0 Å². The number of nitrogens with one attached hydrogen (secondary N) is 1. The van der Waals surface area contributed by atoms with Crippen molar-refractivity contribution >= 4 is 16.6 Å². The fraction of sp³-hybridized carbons (Fsp3) is 0.0769. The Morgan fingerprint density at radius 2 is 2.06 bits per heavy atom. The Morgan fingerprint density at radius 1 is 1.19 bits per heavy atom. The number of nitrogens with zero attached hydrogens (tertiary/aromatic N) is 2. The van der Waals surface area contributed by atoms with E-state index in [1.807, 2.05) is 49.5 Å². The van der Waals surface area contributed by atoms with Gasteiger partial charge in [0.15, 0.2) is 0 Å². The Bertz CT molecular complexity index is 741. The van der Waals surface area contributed by atoms with E-state index in [1.165, 1.54) is 0 Å². The summed E-state index contributed by atoms with van der Waals surface area (Å²) in [5.41, 5.74) is 3.33. The Hall–Kier alpha value is -2.16. The van der Waals surface area contributed by atoms with Crippen LogP contribution in [0.15, 0.2) is 42.6 Å². The molecule has 1 N–H and O–H groups in total. The third kappa shape index (κ3) is 1.21. The Balaban J connectivity index is 2.61. The topological polar surface area (TPSA) is 41.2 Å². The first kappa shape index (κ1) is 9.09. The molecule has 1 aromatic carbocycles. The maximum Gasteiger partial charge on any atom is 0.140 e. The fourth-order valence-electron chi connectivity index (χ4n) is 1.90. The minimum Gasteiger partial charge on any atom is -0.286 e. The van der Waals surface area contributed by atoms with Crippen molar-refractivity contribution in [3.8, 4) is 0 Å². The molecule has 3 aromatic rings. The van der Waals surface area contributed by atoms with E-state index in [2.05, 4.69) is 4.98 Å². The molecule has 0 saturated carbocycles. The van der Waals surface area contributed by atoms with Crippen LogP contribution in [-0.4, -0.2) is 9.38 Å². The molecule has 0 saturated heterocycles. The maximum atomic E-state index is 8.15. The van der Waals surface area contributed by atoms with Crippen molar-refractivity contribution in [2.75, 3.05) is 0 Å². The standard InChI is InChI=1S/C13H11N3/c1-9-5-6-11-10(8-9)13(14)16-7-3-2-4-12(16)15-11/h2-8,14H,1H3. The summed E-state index contributed by atoms with van der Waals surface area (Å²) in [6, 6.07) is 11.8. The third-order valence-electron chi connectivity index (χ3n) is 2.72. The normalized spacial score (nSPS) is 11.1. The van der Waals surface area contributed by atoms with Crippen LogP contribution in [0.3, 0.4) is 0 Å². The van der Waals surface area contributed by atoms with Gasteiger partial charge in [-0.3, -0.25) is 9.81 Å². The van der Waals surface area contributed by atoms with Gasteiger partial charge in [-0.2, -0.15) is 0 Å². The van der Waals surface area contributed by atoms with E-state index >= 15 is 0 Å². The van der Waals surface area contributed by atoms with E-state index in [9.17, 15) is 0 Å². The van der Waals surface area contributed by atoms with Gasteiger partial charge in [0.1, 0.15) is 11.1 Å². The van der Waals surface area contributed by atoms with Crippen molar-refractivity contribution in [3.63, 3.8) is 0 Å². The number of aromatic nitrogens is 2. The van der Waals surface area contributed by atoms with Crippen LogP contribution in [0, 0.1) is 12.3 Å². The molecule has 0 radical (unpaired) electrons. The van der Waals surface area contributed by atoms with Gasteiger partial charge in [-0.15, -0.1) is 0 Å². The Kier molecular flexibility index (Phi) is 1.80. The number of hydrogen-bond acceptors (Lipinski definition) is 2.